The van der Waals surface area contributed by atoms with Crippen molar-refractivity contribution < 1.29 is 77.2 Å². The molecule has 0 aliphatic carbocycles. The number of aliphatic hydroxyl groups excluding tert-OH is 6. The number of rotatable bonds is 11. The number of phosphoric ester groups is 2. The minimum Gasteiger partial charge on any atom is -0.394 e. The monoisotopic (exact) mass is 676 g/mol. The molecule has 2 aliphatic heterocycles. The fourth-order valence-corrected chi connectivity index (χ4v) is 7.12. The van der Waals surface area contributed by atoms with Gasteiger partial charge in [0.2, 0.25) is 0 Å². The molecule has 4 heterocycles. The van der Waals surface area contributed by atoms with E-state index in [9.17, 15) is 63.9 Å². The molecule has 9 N–H and O–H groups in total. The number of nitrogens with one attached hydrogen (secondary N) is 1. The standard InChI is InChI=1S/C20H26N2O18P2S/c23-4-7-1-2-11(43-7)8-3-22(20(31)21-17(8)30)18-15(28)13(26)10(37-18)6-36-41(32,33)40-42(34,35)39-19-16(29)14(27)12(25)9(5-24)38-19/h1-4,9-10,12-16,18-19,24-29H,5-6H2,(H,32,33)(H,34,35)(H,21,30,31)/t9-,10-,12+,13-,14+,15-,16-,18-,19-/m1/s1. The molecule has 43 heavy (non-hydrogen) atoms. The second-order valence-corrected chi connectivity index (χ2v) is 13.3. The molecule has 2 saturated heterocycles. The van der Waals surface area contributed by atoms with E-state index in [2.05, 4.69) is 13.4 Å². The summed E-state index contributed by atoms with van der Waals surface area (Å²) in [5, 5.41) is 59.5. The van der Waals surface area contributed by atoms with Crippen molar-refractivity contribution in [2.75, 3.05) is 13.2 Å². The van der Waals surface area contributed by atoms with E-state index in [1.165, 1.54) is 12.1 Å². The highest BCUT2D eigenvalue weighted by molar-refractivity contribution is 7.61. The van der Waals surface area contributed by atoms with Gasteiger partial charge in [-0.05, 0) is 12.1 Å². The van der Waals surface area contributed by atoms with E-state index in [1.54, 1.807) is 0 Å². The van der Waals surface area contributed by atoms with Gasteiger partial charge >= 0.3 is 21.3 Å². The van der Waals surface area contributed by atoms with Gasteiger partial charge in [-0.3, -0.25) is 28.2 Å². The Hall–Kier alpha value is -2.01. The quantitative estimate of drug-likeness (QED) is 0.0833. The molecule has 2 aromatic heterocycles. The largest absolute Gasteiger partial charge is 0.483 e. The van der Waals surface area contributed by atoms with Crippen molar-refractivity contribution in [2.24, 2.45) is 0 Å². The highest BCUT2D eigenvalue weighted by Crippen LogP contribution is 2.61. The highest BCUT2D eigenvalue weighted by Gasteiger charge is 2.49. The maximum absolute atomic E-state index is 12.5. The topological polar surface area (TPSA) is 314 Å². The molecule has 0 saturated carbocycles. The summed E-state index contributed by atoms with van der Waals surface area (Å²) < 4.78 is 48.8. The summed E-state index contributed by atoms with van der Waals surface area (Å²) in [6, 6.07) is 2.86. The first-order valence-corrected chi connectivity index (χ1v) is 15.8. The van der Waals surface area contributed by atoms with Crippen molar-refractivity contribution in [3.63, 3.8) is 0 Å². The zero-order chi connectivity index (χ0) is 31.9. The summed E-state index contributed by atoms with van der Waals surface area (Å²) in [5.41, 5.74) is -1.98. The maximum atomic E-state index is 12.5. The van der Waals surface area contributed by atoms with Gasteiger partial charge in [0.05, 0.1) is 23.7 Å². The van der Waals surface area contributed by atoms with E-state index in [1.807, 2.05) is 4.98 Å². The van der Waals surface area contributed by atoms with E-state index in [0.717, 1.165) is 22.1 Å². The molecule has 4 rings (SSSR count). The molecule has 2 fully saturated rings. The average Bonchev–Trinajstić information content (AvgIpc) is 3.52. The Morgan fingerprint density at radius 1 is 0.953 bits per heavy atom. The third kappa shape index (κ3) is 7.45. The van der Waals surface area contributed by atoms with E-state index in [4.69, 9.17) is 9.47 Å². The molecule has 0 spiro atoms. The Balaban J connectivity index is 1.42. The molecule has 0 aromatic carbocycles. The number of carbonyl (C=O) groups is 1. The van der Waals surface area contributed by atoms with Crippen molar-refractivity contribution in [1.82, 2.24) is 9.55 Å². The first-order chi connectivity index (χ1) is 20.1. The molecule has 0 radical (unpaired) electrons. The van der Waals surface area contributed by atoms with Crippen LogP contribution in [-0.2, 0) is 32.0 Å². The number of aldehydes is 1. The number of nitrogens with zero attached hydrogens (tertiary/aromatic N) is 1. The van der Waals surface area contributed by atoms with Crippen LogP contribution in [0, 0.1) is 0 Å². The lowest BCUT2D eigenvalue weighted by molar-refractivity contribution is -0.280. The number of hydrogen-bond donors (Lipinski definition) is 9. The molecule has 0 amide bonds. The normalized spacial score (nSPS) is 34.0. The Morgan fingerprint density at radius 2 is 1.63 bits per heavy atom. The Kier molecular flexibility index (Phi) is 10.4. The minimum atomic E-state index is -5.65. The number of phosphoric acid groups is 2. The van der Waals surface area contributed by atoms with Gasteiger partial charge in [-0.2, -0.15) is 4.31 Å². The summed E-state index contributed by atoms with van der Waals surface area (Å²) in [4.78, 5) is 58.2. The van der Waals surface area contributed by atoms with Crippen LogP contribution in [0.25, 0.3) is 10.4 Å². The van der Waals surface area contributed by atoms with Gasteiger partial charge < -0.3 is 49.9 Å². The fourth-order valence-electron chi connectivity index (χ4n) is 4.13. The van der Waals surface area contributed by atoms with E-state index in [0.29, 0.717) is 6.29 Å². The average molecular weight is 676 g/mol. The van der Waals surface area contributed by atoms with Crippen LogP contribution in [0.3, 0.4) is 0 Å². The second-order valence-electron chi connectivity index (χ2n) is 9.19. The maximum Gasteiger partial charge on any atom is 0.483 e. The van der Waals surface area contributed by atoms with Crippen LogP contribution in [-0.4, -0.2) is 118 Å². The Bertz CT molecular complexity index is 1530. The van der Waals surface area contributed by atoms with Gasteiger partial charge in [0.15, 0.2) is 18.8 Å². The molecule has 2 unspecified atom stereocenters. The Morgan fingerprint density at radius 3 is 2.26 bits per heavy atom. The van der Waals surface area contributed by atoms with E-state index < -0.39 is 95.4 Å². The number of ether oxygens (including phenoxy) is 2. The summed E-state index contributed by atoms with van der Waals surface area (Å²) in [5.74, 6) is 0. The molecule has 240 valence electrons. The van der Waals surface area contributed by atoms with Gasteiger partial charge in [-0.15, -0.1) is 11.3 Å². The van der Waals surface area contributed by atoms with Crippen molar-refractivity contribution in [3.05, 3.63) is 44.0 Å². The van der Waals surface area contributed by atoms with Crippen LogP contribution in [0.1, 0.15) is 15.9 Å². The lowest BCUT2D eigenvalue weighted by Crippen LogP contribution is -2.58. The molecule has 2 aromatic rings. The molecule has 20 nitrogen and oxygen atoms in total. The predicted molar refractivity (Wildman–Crippen MR) is 137 cm³/mol. The van der Waals surface area contributed by atoms with Crippen molar-refractivity contribution >= 4 is 33.3 Å². The number of thiophene rings is 1. The highest BCUT2D eigenvalue weighted by atomic mass is 32.1. The molecule has 11 atom stereocenters. The number of aromatic amines is 1. The van der Waals surface area contributed by atoms with Gasteiger partial charge in [0.1, 0.15) is 42.7 Å². The second kappa shape index (κ2) is 13.2. The lowest BCUT2D eigenvalue weighted by Gasteiger charge is -2.39. The van der Waals surface area contributed by atoms with Crippen LogP contribution in [0.5, 0.6) is 0 Å². The first kappa shape index (κ1) is 33.9. The van der Waals surface area contributed by atoms with Crippen molar-refractivity contribution in [2.45, 2.75) is 55.2 Å². The smallest absolute Gasteiger partial charge is 0.394 e. The Labute approximate surface area is 243 Å². The van der Waals surface area contributed by atoms with E-state index in [-0.39, 0.29) is 15.3 Å². The lowest BCUT2D eigenvalue weighted by atomic mass is 10.00. The van der Waals surface area contributed by atoms with Crippen molar-refractivity contribution in [3.8, 4) is 10.4 Å². The summed E-state index contributed by atoms with van der Waals surface area (Å²) in [7, 11) is -11.2. The van der Waals surface area contributed by atoms with Gasteiger partial charge in [0.25, 0.3) is 5.56 Å². The van der Waals surface area contributed by atoms with Crippen LogP contribution < -0.4 is 11.2 Å². The van der Waals surface area contributed by atoms with Crippen LogP contribution in [0.4, 0.5) is 0 Å². The van der Waals surface area contributed by atoms with Gasteiger partial charge in [-0.25, -0.2) is 13.9 Å². The first-order valence-electron chi connectivity index (χ1n) is 12.0. The molecule has 23 heteroatoms. The van der Waals surface area contributed by atoms with Gasteiger partial charge in [0, 0.05) is 11.1 Å². The molecule has 2 aliphatic rings. The molecule has 0 bridgehead atoms. The number of aromatic nitrogens is 2. The number of hydrogen-bond acceptors (Lipinski definition) is 17. The fraction of sp³-hybridized carbons (Fsp3) is 0.550. The van der Waals surface area contributed by atoms with E-state index >= 15 is 0 Å². The zero-order valence-electron chi connectivity index (χ0n) is 21.3. The van der Waals surface area contributed by atoms with Crippen LogP contribution in [0.2, 0.25) is 0 Å². The molecular formula is C20H26N2O18P2S. The van der Waals surface area contributed by atoms with Crippen LogP contribution >= 0.6 is 27.0 Å². The van der Waals surface area contributed by atoms with Gasteiger partial charge in [-0.1, -0.05) is 0 Å². The molecular weight excluding hydrogens is 650 g/mol. The van der Waals surface area contributed by atoms with Crippen LogP contribution in [0.15, 0.2) is 27.9 Å². The number of aliphatic hydroxyl groups is 6. The van der Waals surface area contributed by atoms with Crippen molar-refractivity contribution in [1.29, 1.82) is 0 Å². The third-order valence-corrected chi connectivity index (χ3v) is 9.93. The summed E-state index contributed by atoms with van der Waals surface area (Å²) in [6.07, 6.45) is -15.3. The summed E-state index contributed by atoms with van der Waals surface area (Å²) >= 11 is 0.928. The summed E-state index contributed by atoms with van der Waals surface area (Å²) in [6.45, 7) is -2.00. The predicted octanol–water partition coefficient (Wildman–Crippen LogP) is -3.25. The zero-order valence-corrected chi connectivity index (χ0v) is 23.9. The SMILES string of the molecule is O=Cc1ccc(-c2cn([C@@H]3O[C@H](COP(=O)(O)OP(=O)(O)O[C@H]4O[C@H](CO)[C@H](O)[C@H](O)[C@H]4O)[C@@H](O)[C@H]3O)c(=O)[nH]c2=O)s1. The minimum absolute atomic E-state index is 0.0888. The number of H-pyrrole nitrogens is 1. The number of carbonyl (C=O) groups excluding carboxylic acids is 1. The third-order valence-electron chi connectivity index (χ3n) is 6.28.